The number of hydrogen-bond acceptors (Lipinski definition) is 9. The minimum absolute atomic E-state index is 0.0238. The van der Waals surface area contributed by atoms with E-state index in [2.05, 4.69) is 9.97 Å². The largest absolute Gasteiger partial charge is 0.381 e. The minimum atomic E-state index is -0.0878. The van der Waals surface area contributed by atoms with Gasteiger partial charge in [-0.2, -0.15) is 15.8 Å². The summed E-state index contributed by atoms with van der Waals surface area (Å²) in [7, 11) is 0. The molecule has 2 rings (SSSR count). The number of nitriles is 3. The van der Waals surface area contributed by atoms with Crippen molar-refractivity contribution in [1.82, 2.24) is 9.97 Å². The second kappa shape index (κ2) is 4.99. The van der Waals surface area contributed by atoms with Gasteiger partial charge in [-0.25, -0.2) is 9.97 Å². The number of thioether (sulfide) groups is 2. The van der Waals surface area contributed by atoms with Crippen LogP contribution in [0.15, 0.2) is 14.8 Å². The lowest BCUT2D eigenvalue weighted by Crippen LogP contribution is -2.11. The van der Waals surface area contributed by atoms with Crippen LogP contribution in [-0.4, -0.2) is 15.0 Å². The second-order valence-corrected chi connectivity index (χ2v) is 5.42. The number of nitrogens with one attached hydrogen (secondary N) is 1. The SMILES string of the molecule is N#CC(C#N)=C1SC(=N)c2nc(C#N)c(N)nc2S1. The Morgan fingerprint density at radius 2 is 1.84 bits per heavy atom. The van der Waals surface area contributed by atoms with Crippen LogP contribution in [0, 0.1) is 39.4 Å². The second-order valence-electron chi connectivity index (χ2n) is 3.14. The molecule has 3 N–H and O–H groups in total. The summed E-state index contributed by atoms with van der Waals surface area (Å²) >= 11 is 1.98. The van der Waals surface area contributed by atoms with Crippen molar-refractivity contribution in [3.63, 3.8) is 0 Å². The Kier molecular flexibility index (Phi) is 3.39. The quantitative estimate of drug-likeness (QED) is 0.679. The summed E-state index contributed by atoms with van der Waals surface area (Å²) in [6.45, 7) is 0. The maximum Gasteiger partial charge on any atom is 0.183 e. The van der Waals surface area contributed by atoms with Gasteiger partial charge in [-0.15, -0.1) is 0 Å². The molecule has 1 aliphatic heterocycles. The molecule has 7 nitrogen and oxygen atoms in total. The lowest BCUT2D eigenvalue weighted by molar-refractivity contribution is 1.03. The molecule has 0 atom stereocenters. The van der Waals surface area contributed by atoms with Gasteiger partial charge in [-0.05, 0) is 0 Å². The van der Waals surface area contributed by atoms with Gasteiger partial charge in [0, 0.05) is 0 Å². The summed E-state index contributed by atoms with van der Waals surface area (Å²) in [6, 6.07) is 5.31. The van der Waals surface area contributed by atoms with Crippen LogP contribution in [0.1, 0.15) is 11.4 Å². The van der Waals surface area contributed by atoms with E-state index in [9.17, 15) is 0 Å². The molecule has 1 aromatic heterocycles. The summed E-state index contributed by atoms with van der Waals surface area (Å²) < 4.78 is 0.362. The van der Waals surface area contributed by atoms with Crippen molar-refractivity contribution < 1.29 is 0 Å². The maximum atomic E-state index is 8.82. The standard InChI is InChI=1S/C10H3N7S2/c11-1-4(2-12)10-18-8(15)6-9(19-10)17-7(14)5(3-13)16-6/h15H,(H2,14,17). The first-order chi connectivity index (χ1) is 9.10. The van der Waals surface area contributed by atoms with Gasteiger partial charge in [0.15, 0.2) is 11.5 Å². The van der Waals surface area contributed by atoms with E-state index in [0.717, 1.165) is 23.5 Å². The Labute approximate surface area is 116 Å². The monoisotopic (exact) mass is 285 g/mol. The zero-order valence-corrected chi connectivity index (χ0v) is 10.8. The fourth-order valence-electron chi connectivity index (χ4n) is 1.20. The highest BCUT2D eigenvalue weighted by atomic mass is 32.2. The lowest BCUT2D eigenvalue weighted by atomic mass is 10.4. The first-order valence-corrected chi connectivity index (χ1v) is 6.30. The van der Waals surface area contributed by atoms with Gasteiger partial charge in [0.05, 0.1) is 4.24 Å². The van der Waals surface area contributed by atoms with Crippen molar-refractivity contribution in [1.29, 1.82) is 21.2 Å². The number of nitrogen functional groups attached to an aromatic ring is 1. The highest BCUT2D eigenvalue weighted by Gasteiger charge is 2.26. The molecule has 0 aliphatic carbocycles. The fraction of sp³-hybridized carbons (Fsp3) is 0. The van der Waals surface area contributed by atoms with E-state index < -0.39 is 0 Å². The molecule has 0 spiro atoms. The first kappa shape index (κ1) is 12.9. The van der Waals surface area contributed by atoms with Crippen LogP contribution in [0.25, 0.3) is 0 Å². The summed E-state index contributed by atoms with van der Waals surface area (Å²) in [4.78, 5) is 7.94. The molecule has 0 aromatic carbocycles. The molecule has 19 heavy (non-hydrogen) atoms. The zero-order chi connectivity index (χ0) is 14.0. The van der Waals surface area contributed by atoms with Crippen molar-refractivity contribution in [2.24, 2.45) is 0 Å². The van der Waals surface area contributed by atoms with E-state index in [4.69, 9.17) is 26.9 Å². The third kappa shape index (κ3) is 2.23. The number of nitrogens with two attached hydrogens (primary N) is 1. The Morgan fingerprint density at radius 3 is 2.42 bits per heavy atom. The van der Waals surface area contributed by atoms with Crippen LogP contribution < -0.4 is 5.73 Å². The van der Waals surface area contributed by atoms with E-state index in [0.29, 0.717) is 9.26 Å². The minimum Gasteiger partial charge on any atom is -0.381 e. The van der Waals surface area contributed by atoms with Crippen molar-refractivity contribution in [3.05, 3.63) is 21.2 Å². The highest BCUT2D eigenvalue weighted by Crippen LogP contribution is 2.44. The van der Waals surface area contributed by atoms with Gasteiger partial charge in [0.25, 0.3) is 0 Å². The fourth-order valence-corrected chi connectivity index (χ4v) is 3.29. The van der Waals surface area contributed by atoms with E-state index in [-0.39, 0.29) is 27.8 Å². The van der Waals surface area contributed by atoms with Crippen LogP contribution in [0.4, 0.5) is 5.82 Å². The van der Waals surface area contributed by atoms with E-state index in [1.54, 1.807) is 18.2 Å². The summed E-state index contributed by atoms with van der Waals surface area (Å²) in [5, 5.41) is 34.6. The molecule has 0 unspecified atom stereocenters. The molecule has 0 saturated heterocycles. The van der Waals surface area contributed by atoms with Crippen LogP contribution in [0.5, 0.6) is 0 Å². The van der Waals surface area contributed by atoms with Crippen LogP contribution >= 0.6 is 23.5 Å². The molecule has 0 amide bonds. The van der Waals surface area contributed by atoms with Crippen LogP contribution in [-0.2, 0) is 0 Å². The van der Waals surface area contributed by atoms with Crippen LogP contribution in [0.2, 0.25) is 0 Å². The number of aromatic nitrogens is 2. The maximum absolute atomic E-state index is 8.82. The molecular formula is C10H3N7S2. The number of nitrogens with zero attached hydrogens (tertiary/aromatic N) is 5. The molecule has 0 radical (unpaired) electrons. The van der Waals surface area contributed by atoms with Crippen molar-refractivity contribution in [3.8, 4) is 18.2 Å². The lowest BCUT2D eigenvalue weighted by Gasteiger charge is -2.16. The van der Waals surface area contributed by atoms with E-state index in [1.165, 1.54) is 0 Å². The van der Waals surface area contributed by atoms with Gasteiger partial charge in [-0.1, -0.05) is 23.5 Å². The molecule has 1 aromatic rings. The molecule has 9 heteroatoms. The van der Waals surface area contributed by atoms with Gasteiger partial charge in [0.1, 0.15) is 39.5 Å². The summed E-state index contributed by atoms with van der Waals surface area (Å²) in [5.41, 5.74) is 5.66. The van der Waals surface area contributed by atoms with Crippen molar-refractivity contribution in [2.75, 3.05) is 5.73 Å². The average Bonchev–Trinajstić information content (AvgIpc) is 2.39. The normalized spacial score (nSPS) is 12.9. The molecule has 90 valence electrons. The smallest absolute Gasteiger partial charge is 0.183 e. The highest BCUT2D eigenvalue weighted by molar-refractivity contribution is 8.30. The van der Waals surface area contributed by atoms with Gasteiger partial charge < -0.3 is 5.73 Å². The summed E-state index contributed by atoms with van der Waals surface area (Å²) in [6.07, 6.45) is 0. The van der Waals surface area contributed by atoms with Crippen molar-refractivity contribution in [2.45, 2.75) is 5.03 Å². The van der Waals surface area contributed by atoms with E-state index >= 15 is 0 Å². The van der Waals surface area contributed by atoms with Crippen molar-refractivity contribution >= 4 is 34.4 Å². The Balaban J connectivity index is 2.60. The zero-order valence-electron chi connectivity index (χ0n) is 9.13. The summed E-state index contributed by atoms with van der Waals surface area (Å²) in [5.74, 6) is -0.0386. The molecule has 0 bridgehead atoms. The predicted molar refractivity (Wildman–Crippen MR) is 69.7 cm³/mol. The topological polar surface area (TPSA) is 147 Å². The molecular weight excluding hydrogens is 282 g/mol. The van der Waals surface area contributed by atoms with E-state index in [1.807, 2.05) is 0 Å². The van der Waals surface area contributed by atoms with Gasteiger partial charge in [-0.3, -0.25) is 5.41 Å². The third-order valence-electron chi connectivity index (χ3n) is 2.02. The third-order valence-corrected chi connectivity index (χ3v) is 4.18. The number of allylic oxidation sites excluding steroid dienone is 1. The predicted octanol–water partition coefficient (Wildman–Crippen LogP) is 1.35. The molecule has 0 saturated carbocycles. The number of anilines is 1. The Hall–Kier alpha value is -2.54. The Bertz CT molecular complexity index is 729. The van der Waals surface area contributed by atoms with Crippen LogP contribution in [0.3, 0.4) is 0 Å². The molecule has 2 heterocycles. The first-order valence-electron chi connectivity index (χ1n) is 4.67. The number of rotatable bonds is 0. The number of fused-ring (bicyclic) bond motifs is 1. The van der Waals surface area contributed by atoms with Gasteiger partial charge in [0.2, 0.25) is 0 Å². The molecule has 1 aliphatic rings. The van der Waals surface area contributed by atoms with Gasteiger partial charge >= 0.3 is 0 Å². The Morgan fingerprint density at radius 1 is 1.16 bits per heavy atom. The average molecular weight is 285 g/mol. The number of hydrogen-bond donors (Lipinski definition) is 2. The molecule has 0 fully saturated rings.